The molecule has 0 N–H and O–H groups in total. The molecular formula is C24H25N3. The molecule has 0 aliphatic carbocycles. The minimum Gasteiger partial charge on any atom is -0.346 e. The smallest absolute Gasteiger partial charge is 0.0995 e. The minimum atomic E-state index is 0.728. The van der Waals surface area contributed by atoms with Gasteiger partial charge < -0.3 is 4.57 Å². The summed E-state index contributed by atoms with van der Waals surface area (Å²) in [5.41, 5.74) is 5.62. The Morgan fingerprint density at radius 1 is 1.04 bits per heavy atom. The number of nitrogens with zero attached hydrogens (tertiary/aromatic N) is 3. The summed E-state index contributed by atoms with van der Waals surface area (Å²) in [7, 11) is 0. The van der Waals surface area contributed by atoms with Gasteiger partial charge in [-0.1, -0.05) is 54.1 Å². The molecular weight excluding hydrogens is 330 g/mol. The van der Waals surface area contributed by atoms with E-state index in [4.69, 9.17) is 0 Å². The second-order valence-electron chi connectivity index (χ2n) is 6.84. The van der Waals surface area contributed by atoms with Gasteiger partial charge in [0.25, 0.3) is 0 Å². The van der Waals surface area contributed by atoms with Crippen molar-refractivity contribution in [1.82, 2.24) is 9.47 Å². The van der Waals surface area contributed by atoms with Crippen LogP contribution in [0.1, 0.15) is 27.9 Å². The lowest BCUT2D eigenvalue weighted by Gasteiger charge is -2.22. The van der Waals surface area contributed by atoms with Crippen LogP contribution in [-0.2, 0) is 19.6 Å². The summed E-state index contributed by atoms with van der Waals surface area (Å²) >= 11 is 0. The molecule has 136 valence electrons. The molecule has 0 saturated heterocycles. The molecule has 0 atom stereocenters. The maximum absolute atomic E-state index is 9.35. The normalized spacial score (nSPS) is 10.7. The van der Waals surface area contributed by atoms with Crippen LogP contribution < -0.4 is 0 Å². The summed E-state index contributed by atoms with van der Waals surface area (Å²) in [5.74, 6) is 0. The zero-order valence-electron chi connectivity index (χ0n) is 15.8. The second-order valence-corrected chi connectivity index (χ2v) is 6.84. The molecule has 3 nitrogen and oxygen atoms in total. The summed E-state index contributed by atoms with van der Waals surface area (Å²) in [6, 6.07) is 23.0. The first-order chi connectivity index (χ1) is 13.2. The Bertz CT molecular complexity index is 929. The van der Waals surface area contributed by atoms with Gasteiger partial charge in [0.15, 0.2) is 0 Å². The van der Waals surface area contributed by atoms with E-state index in [2.05, 4.69) is 71.6 Å². The van der Waals surface area contributed by atoms with Gasteiger partial charge in [0, 0.05) is 38.1 Å². The largest absolute Gasteiger partial charge is 0.346 e. The van der Waals surface area contributed by atoms with E-state index in [-0.39, 0.29) is 0 Å². The molecule has 3 heteroatoms. The monoisotopic (exact) mass is 355 g/mol. The van der Waals surface area contributed by atoms with Crippen LogP contribution in [0.4, 0.5) is 0 Å². The predicted molar refractivity (Wildman–Crippen MR) is 110 cm³/mol. The van der Waals surface area contributed by atoms with Gasteiger partial charge in [-0.3, -0.25) is 4.90 Å². The van der Waals surface area contributed by atoms with E-state index in [1.807, 2.05) is 30.3 Å². The first-order valence-electron chi connectivity index (χ1n) is 9.20. The molecule has 1 heterocycles. The quantitative estimate of drug-likeness (QED) is 0.538. The molecule has 0 fully saturated rings. The number of hydrogen-bond acceptors (Lipinski definition) is 2. The maximum Gasteiger partial charge on any atom is 0.0995 e. The van der Waals surface area contributed by atoms with Crippen LogP contribution in [0.5, 0.6) is 0 Å². The van der Waals surface area contributed by atoms with Crippen molar-refractivity contribution in [1.29, 1.82) is 5.26 Å². The summed E-state index contributed by atoms with van der Waals surface area (Å²) in [4.78, 5) is 2.31. The molecule has 0 bridgehead atoms. The van der Waals surface area contributed by atoms with Crippen molar-refractivity contribution in [3.8, 4) is 6.07 Å². The van der Waals surface area contributed by atoms with Crippen molar-refractivity contribution in [2.24, 2.45) is 0 Å². The number of benzene rings is 2. The van der Waals surface area contributed by atoms with E-state index >= 15 is 0 Å². The SMILES string of the molecule is C=CCN(Cc1ccccc1C#N)Cc1cccn1Cc1ccc(C)cc1. The van der Waals surface area contributed by atoms with Crippen molar-refractivity contribution >= 4 is 0 Å². The Balaban J connectivity index is 1.75. The Hall–Kier alpha value is -3.09. The highest BCUT2D eigenvalue weighted by atomic mass is 15.1. The fourth-order valence-electron chi connectivity index (χ4n) is 3.24. The highest BCUT2D eigenvalue weighted by molar-refractivity contribution is 5.37. The molecule has 0 saturated carbocycles. The summed E-state index contributed by atoms with van der Waals surface area (Å²) < 4.78 is 2.29. The number of nitriles is 1. The van der Waals surface area contributed by atoms with E-state index in [1.165, 1.54) is 16.8 Å². The zero-order chi connectivity index (χ0) is 19.1. The van der Waals surface area contributed by atoms with Crippen molar-refractivity contribution < 1.29 is 0 Å². The van der Waals surface area contributed by atoms with Crippen molar-refractivity contribution in [2.45, 2.75) is 26.6 Å². The Morgan fingerprint density at radius 2 is 1.81 bits per heavy atom. The molecule has 27 heavy (non-hydrogen) atoms. The number of aromatic nitrogens is 1. The van der Waals surface area contributed by atoms with Crippen LogP contribution in [0.25, 0.3) is 0 Å². The van der Waals surface area contributed by atoms with Crippen LogP contribution in [0, 0.1) is 18.3 Å². The van der Waals surface area contributed by atoms with Crippen LogP contribution in [0.3, 0.4) is 0 Å². The fraction of sp³-hybridized carbons (Fsp3) is 0.208. The first kappa shape index (κ1) is 18.7. The highest BCUT2D eigenvalue weighted by Gasteiger charge is 2.11. The molecule has 3 rings (SSSR count). The van der Waals surface area contributed by atoms with Crippen molar-refractivity contribution in [3.05, 3.63) is 107 Å². The van der Waals surface area contributed by atoms with E-state index < -0.39 is 0 Å². The molecule has 0 unspecified atom stereocenters. The van der Waals surface area contributed by atoms with E-state index in [0.717, 1.165) is 37.3 Å². The van der Waals surface area contributed by atoms with Gasteiger partial charge in [0.1, 0.15) is 0 Å². The Kier molecular flexibility index (Phi) is 6.25. The van der Waals surface area contributed by atoms with Crippen LogP contribution in [-0.4, -0.2) is 16.0 Å². The van der Waals surface area contributed by atoms with Gasteiger partial charge in [-0.05, 0) is 36.2 Å². The third kappa shape index (κ3) is 4.97. The Labute approximate surface area is 161 Å². The fourth-order valence-corrected chi connectivity index (χ4v) is 3.24. The molecule has 0 spiro atoms. The molecule has 3 aromatic rings. The van der Waals surface area contributed by atoms with Crippen molar-refractivity contribution in [3.63, 3.8) is 0 Å². The molecule has 1 aromatic heterocycles. The topological polar surface area (TPSA) is 32.0 Å². The summed E-state index contributed by atoms with van der Waals surface area (Å²) in [6.45, 7) is 9.18. The van der Waals surface area contributed by atoms with Crippen LogP contribution in [0.2, 0.25) is 0 Å². The third-order valence-corrected chi connectivity index (χ3v) is 4.70. The van der Waals surface area contributed by atoms with Crippen LogP contribution >= 0.6 is 0 Å². The van der Waals surface area contributed by atoms with E-state index in [0.29, 0.717) is 0 Å². The molecule has 0 aliphatic heterocycles. The lowest BCUT2D eigenvalue weighted by atomic mass is 10.1. The van der Waals surface area contributed by atoms with Gasteiger partial charge in [0.2, 0.25) is 0 Å². The van der Waals surface area contributed by atoms with Gasteiger partial charge in [-0.2, -0.15) is 5.26 Å². The van der Waals surface area contributed by atoms with Gasteiger partial charge in [-0.25, -0.2) is 0 Å². The zero-order valence-corrected chi connectivity index (χ0v) is 15.8. The van der Waals surface area contributed by atoms with E-state index in [9.17, 15) is 5.26 Å². The first-order valence-corrected chi connectivity index (χ1v) is 9.20. The average Bonchev–Trinajstić information content (AvgIpc) is 3.11. The number of hydrogen-bond donors (Lipinski definition) is 0. The highest BCUT2D eigenvalue weighted by Crippen LogP contribution is 2.15. The molecule has 2 aromatic carbocycles. The van der Waals surface area contributed by atoms with Gasteiger partial charge in [0.05, 0.1) is 11.6 Å². The average molecular weight is 355 g/mol. The van der Waals surface area contributed by atoms with Gasteiger partial charge in [-0.15, -0.1) is 6.58 Å². The summed E-state index contributed by atoms with van der Waals surface area (Å²) in [5, 5.41) is 9.35. The maximum atomic E-state index is 9.35. The van der Waals surface area contributed by atoms with E-state index in [1.54, 1.807) is 0 Å². The lowest BCUT2D eigenvalue weighted by Crippen LogP contribution is -2.24. The standard InChI is InChI=1S/C24H25N3/c1-3-14-26(18-23-8-5-4-7-22(23)16-25)19-24-9-6-15-27(24)17-21-12-10-20(2)11-13-21/h3-13,15H,1,14,17-19H2,2H3. The Morgan fingerprint density at radius 3 is 2.56 bits per heavy atom. The molecule has 0 amide bonds. The van der Waals surface area contributed by atoms with Crippen LogP contribution in [0.15, 0.2) is 79.5 Å². The third-order valence-electron chi connectivity index (χ3n) is 4.70. The van der Waals surface area contributed by atoms with Crippen molar-refractivity contribution in [2.75, 3.05) is 6.54 Å². The van der Waals surface area contributed by atoms with Gasteiger partial charge >= 0.3 is 0 Å². The minimum absolute atomic E-state index is 0.728. The molecule has 0 aliphatic rings. The second kappa shape index (κ2) is 9.02. The lowest BCUT2D eigenvalue weighted by molar-refractivity contribution is 0.278. The molecule has 0 radical (unpaired) electrons. The number of aryl methyl sites for hydroxylation is 1. The summed E-state index contributed by atoms with van der Waals surface area (Å²) in [6.07, 6.45) is 4.05. The number of rotatable bonds is 8. The predicted octanol–water partition coefficient (Wildman–Crippen LogP) is 4.90.